The first kappa shape index (κ1) is 14.3. The van der Waals surface area contributed by atoms with Crippen LogP contribution in [0, 0.1) is 6.92 Å². The fraction of sp³-hybridized carbons (Fsp3) is 0.286. The summed E-state index contributed by atoms with van der Waals surface area (Å²) < 4.78 is 1.09. The summed E-state index contributed by atoms with van der Waals surface area (Å²) in [4.78, 5) is 10.2. The molecule has 0 aliphatic heterocycles. The number of benzene rings is 1. The average Bonchev–Trinajstić information content (AvgIpc) is 2.36. The molecule has 1 heterocycles. The van der Waals surface area contributed by atoms with Crippen molar-refractivity contribution < 1.29 is 0 Å². The van der Waals surface area contributed by atoms with Gasteiger partial charge in [-0.25, -0.2) is 9.97 Å². The summed E-state index contributed by atoms with van der Waals surface area (Å²) in [6.45, 7) is 4.93. The molecule has 19 heavy (non-hydrogen) atoms. The van der Waals surface area contributed by atoms with E-state index in [0.717, 1.165) is 34.1 Å². The van der Waals surface area contributed by atoms with Crippen molar-refractivity contribution >= 4 is 33.5 Å². The number of aromatic nitrogens is 2. The number of aryl methyl sites for hydroxylation is 1. The Labute approximate surface area is 126 Å². The second-order valence-electron chi connectivity index (χ2n) is 4.09. The molecule has 5 heteroatoms. The topological polar surface area (TPSA) is 37.8 Å². The minimum Gasteiger partial charge on any atom is -0.370 e. The van der Waals surface area contributed by atoms with Crippen LogP contribution < -0.4 is 5.32 Å². The van der Waals surface area contributed by atoms with Crippen LogP contribution in [0.15, 0.2) is 39.7 Å². The standard InChI is InChI=1S/C14H16BrN3S/c1-3-16-13-7-10(2)17-14(18-13)9-19-12-6-4-5-11(15)8-12/h4-8H,3,9H2,1-2H3,(H,16,17,18). The van der Waals surface area contributed by atoms with E-state index in [-0.39, 0.29) is 0 Å². The van der Waals surface area contributed by atoms with Crippen molar-refractivity contribution in [3.63, 3.8) is 0 Å². The van der Waals surface area contributed by atoms with Gasteiger partial charge in [-0.2, -0.15) is 0 Å². The molecule has 3 nitrogen and oxygen atoms in total. The molecule has 0 bridgehead atoms. The van der Waals surface area contributed by atoms with Crippen molar-refractivity contribution in [2.24, 2.45) is 0 Å². The quantitative estimate of drug-likeness (QED) is 0.826. The van der Waals surface area contributed by atoms with Crippen molar-refractivity contribution in [2.75, 3.05) is 11.9 Å². The highest BCUT2D eigenvalue weighted by Gasteiger charge is 2.03. The molecular weight excluding hydrogens is 322 g/mol. The van der Waals surface area contributed by atoms with Gasteiger partial charge < -0.3 is 5.32 Å². The van der Waals surface area contributed by atoms with Crippen LogP contribution in [0.3, 0.4) is 0 Å². The fourth-order valence-corrected chi connectivity index (χ4v) is 3.03. The predicted octanol–water partition coefficient (Wildman–Crippen LogP) is 4.27. The Morgan fingerprint density at radius 2 is 2.11 bits per heavy atom. The minimum absolute atomic E-state index is 0.774. The van der Waals surface area contributed by atoms with Crippen LogP contribution in [0.25, 0.3) is 0 Å². The van der Waals surface area contributed by atoms with Crippen LogP contribution in [0.2, 0.25) is 0 Å². The van der Waals surface area contributed by atoms with Crippen LogP contribution in [-0.2, 0) is 5.75 Å². The average molecular weight is 338 g/mol. The molecule has 0 aliphatic carbocycles. The highest BCUT2D eigenvalue weighted by atomic mass is 79.9. The molecule has 1 aromatic carbocycles. The molecule has 0 spiro atoms. The molecule has 0 atom stereocenters. The van der Waals surface area contributed by atoms with E-state index in [2.05, 4.69) is 50.3 Å². The summed E-state index contributed by atoms with van der Waals surface area (Å²) in [7, 11) is 0. The van der Waals surface area contributed by atoms with E-state index >= 15 is 0 Å². The van der Waals surface area contributed by atoms with Gasteiger partial charge in [-0.1, -0.05) is 22.0 Å². The lowest BCUT2D eigenvalue weighted by Crippen LogP contribution is -2.04. The van der Waals surface area contributed by atoms with Crippen molar-refractivity contribution in [3.8, 4) is 0 Å². The lowest BCUT2D eigenvalue weighted by atomic mass is 10.4. The first-order valence-electron chi connectivity index (χ1n) is 6.14. The largest absolute Gasteiger partial charge is 0.370 e. The maximum atomic E-state index is 4.51. The van der Waals surface area contributed by atoms with E-state index in [4.69, 9.17) is 0 Å². The molecule has 0 saturated carbocycles. The maximum Gasteiger partial charge on any atom is 0.141 e. The number of nitrogens with zero attached hydrogens (tertiary/aromatic N) is 2. The van der Waals surface area contributed by atoms with Gasteiger partial charge in [-0.15, -0.1) is 11.8 Å². The van der Waals surface area contributed by atoms with Gasteiger partial charge in [-0.05, 0) is 32.0 Å². The second-order valence-corrected chi connectivity index (χ2v) is 6.05. The summed E-state index contributed by atoms with van der Waals surface area (Å²) in [6.07, 6.45) is 0. The van der Waals surface area contributed by atoms with Gasteiger partial charge in [0.2, 0.25) is 0 Å². The highest BCUT2D eigenvalue weighted by Crippen LogP contribution is 2.24. The third-order valence-electron chi connectivity index (χ3n) is 2.42. The summed E-state index contributed by atoms with van der Waals surface area (Å²) in [5.74, 6) is 2.54. The van der Waals surface area contributed by atoms with Crippen LogP contribution in [0.1, 0.15) is 18.4 Å². The van der Waals surface area contributed by atoms with E-state index in [0.29, 0.717) is 0 Å². The van der Waals surface area contributed by atoms with E-state index in [1.807, 2.05) is 25.1 Å². The summed E-state index contributed by atoms with van der Waals surface area (Å²) >= 11 is 5.22. The Hall–Kier alpha value is -1.07. The number of hydrogen-bond donors (Lipinski definition) is 1. The van der Waals surface area contributed by atoms with Crippen molar-refractivity contribution in [1.29, 1.82) is 0 Å². The SMILES string of the molecule is CCNc1cc(C)nc(CSc2cccc(Br)c2)n1. The third-order valence-corrected chi connectivity index (χ3v) is 3.91. The zero-order valence-corrected chi connectivity index (χ0v) is 13.4. The molecule has 0 radical (unpaired) electrons. The minimum atomic E-state index is 0.774. The highest BCUT2D eigenvalue weighted by molar-refractivity contribution is 9.10. The fourth-order valence-electron chi connectivity index (χ4n) is 1.67. The smallest absolute Gasteiger partial charge is 0.141 e. The summed E-state index contributed by atoms with van der Waals surface area (Å²) in [5.41, 5.74) is 0.996. The molecule has 2 aromatic rings. The van der Waals surface area contributed by atoms with E-state index in [9.17, 15) is 0 Å². The van der Waals surface area contributed by atoms with Gasteiger partial charge >= 0.3 is 0 Å². The molecule has 1 N–H and O–H groups in total. The molecule has 1 aromatic heterocycles. The molecule has 100 valence electrons. The van der Waals surface area contributed by atoms with Crippen LogP contribution in [-0.4, -0.2) is 16.5 Å². The van der Waals surface area contributed by atoms with Crippen molar-refractivity contribution in [2.45, 2.75) is 24.5 Å². The summed E-state index contributed by atoms with van der Waals surface area (Å²) in [6, 6.07) is 10.2. The van der Waals surface area contributed by atoms with Gasteiger partial charge in [0.05, 0.1) is 5.75 Å². The Morgan fingerprint density at radius 1 is 1.26 bits per heavy atom. The Bertz CT molecular complexity index is 560. The molecule has 0 fully saturated rings. The monoisotopic (exact) mass is 337 g/mol. The molecule has 0 amide bonds. The number of rotatable bonds is 5. The molecular formula is C14H16BrN3S. The molecule has 2 rings (SSSR count). The first-order valence-corrected chi connectivity index (χ1v) is 7.92. The molecule has 0 aliphatic rings. The predicted molar refractivity (Wildman–Crippen MR) is 84.6 cm³/mol. The lowest BCUT2D eigenvalue weighted by Gasteiger charge is -2.07. The molecule has 0 saturated heterocycles. The van der Waals surface area contributed by atoms with Gasteiger partial charge in [0, 0.05) is 27.7 Å². The van der Waals surface area contributed by atoms with Gasteiger partial charge in [0.15, 0.2) is 0 Å². The van der Waals surface area contributed by atoms with Crippen molar-refractivity contribution in [3.05, 3.63) is 46.3 Å². The summed E-state index contributed by atoms with van der Waals surface area (Å²) in [5, 5.41) is 3.23. The van der Waals surface area contributed by atoms with Gasteiger partial charge in [0.25, 0.3) is 0 Å². The third kappa shape index (κ3) is 4.51. The van der Waals surface area contributed by atoms with Crippen molar-refractivity contribution in [1.82, 2.24) is 9.97 Å². The lowest BCUT2D eigenvalue weighted by molar-refractivity contribution is 0.986. The number of hydrogen-bond acceptors (Lipinski definition) is 4. The number of anilines is 1. The molecule has 0 unspecified atom stereocenters. The Kier molecular flexibility index (Phi) is 5.22. The second kappa shape index (κ2) is 6.91. The number of thioether (sulfide) groups is 1. The maximum absolute atomic E-state index is 4.51. The van der Waals surface area contributed by atoms with E-state index in [1.165, 1.54) is 4.90 Å². The zero-order chi connectivity index (χ0) is 13.7. The zero-order valence-electron chi connectivity index (χ0n) is 11.0. The van der Waals surface area contributed by atoms with E-state index < -0.39 is 0 Å². The normalized spacial score (nSPS) is 10.5. The number of nitrogens with one attached hydrogen (secondary N) is 1. The Morgan fingerprint density at radius 3 is 2.84 bits per heavy atom. The number of halogens is 1. The van der Waals surface area contributed by atoms with Crippen LogP contribution in [0.5, 0.6) is 0 Å². The van der Waals surface area contributed by atoms with Crippen LogP contribution in [0.4, 0.5) is 5.82 Å². The van der Waals surface area contributed by atoms with Gasteiger partial charge in [0.1, 0.15) is 11.6 Å². The van der Waals surface area contributed by atoms with Crippen LogP contribution >= 0.6 is 27.7 Å². The van der Waals surface area contributed by atoms with E-state index in [1.54, 1.807) is 11.8 Å². The first-order chi connectivity index (χ1) is 9.17. The van der Waals surface area contributed by atoms with Gasteiger partial charge in [-0.3, -0.25) is 0 Å². The Balaban J connectivity index is 2.06.